The van der Waals surface area contributed by atoms with Crippen LogP contribution in [0.25, 0.3) is 16.7 Å². The van der Waals surface area contributed by atoms with E-state index in [-0.39, 0.29) is 23.3 Å². The number of aryl methyl sites for hydroxylation is 1. The molecular weight excluding hydrogens is 362 g/mol. The zero-order valence-corrected chi connectivity index (χ0v) is 15.9. The largest absolute Gasteiger partial charge is 0.353 e. The molecule has 0 atom stereocenters. The molecule has 140 valence electrons. The smallest absolute Gasteiger partial charge is 0.269 e. The summed E-state index contributed by atoms with van der Waals surface area (Å²) in [6.07, 6.45) is 5.91. The number of carbonyl (C=O) groups excluding carboxylic acids is 1. The number of nitrogens with zero attached hydrogens (tertiary/aromatic N) is 3. The maximum atomic E-state index is 13.0. The molecular formula is C19H21N5O2S. The Morgan fingerprint density at radius 2 is 2.04 bits per heavy atom. The lowest BCUT2D eigenvalue weighted by atomic mass is 10.2. The first-order valence-electron chi connectivity index (χ1n) is 9.07. The monoisotopic (exact) mass is 383 g/mol. The van der Waals surface area contributed by atoms with Crippen LogP contribution in [0.2, 0.25) is 0 Å². The van der Waals surface area contributed by atoms with Crippen molar-refractivity contribution in [1.29, 1.82) is 0 Å². The normalized spacial score (nSPS) is 14.7. The minimum Gasteiger partial charge on any atom is -0.353 e. The lowest BCUT2D eigenvalue weighted by molar-refractivity contribution is -0.119. The molecule has 0 bridgehead atoms. The van der Waals surface area contributed by atoms with Crippen LogP contribution in [0.15, 0.2) is 40.4 Å². The molecule has 0 aliphatic heterocycles. The maximum absolute atomic E-state index is 13.0. The molecule has 7 nitrogen and oxygen atoms in total. The van der Waals surface area contributed by atoms with E-state index < -0.39 is 0 Å². The van der Waals surface area contributed by atoms with Crippen LogP contribution in [-0.4, -0.2) is 37.5 Å². The zero-order valence-electron chi connectivity index (χ0n) is 15.1. The van der Waals surface area contributed by atoms with Gasteiger partial charge in [0.05, 0.1) is 17.6 Å². The highest BCUT2D eigenvalue weighted by Gasteiger charge is 2.19. The summed E-state index contributed by atoms with van der Waals surface area (Å²) in [7, 11) is 0. The molecule has 27 heavy (non-hydrogen) atoms. The first kappa shape index (κ1) is 17.8. The number of aromatic amines is 1. The van der Waals surface area contributed by atoms with Gasteiger partial charge in [-0.15, -0.1) is 0 Å². The van der Waals surface area contributed by atoms with E-state index in [2.05, 4.69) is 20.5 Å². The Morgan fingerprint density at radius 1 is 1.30 bits per heavy atom. The van der Waals surface area contributed by atoms with Crippen LogP contribution in [0.5, 0.6) is 0 Å². The number of nitrogens with one attached hydrogen (secondary N) is 2. The van der Waals surface area contributed by atoms with E-state index in [0.717, 1.165) is 24.1 Å². The molecule has 1 amide bonds. The number of hydrogen-bond donors (Lipinski definition) is 2. The number of hydrogen-bond acceptors (Lipinski definition) is 5. The number of amides is 1. The van der Waals surface area contributed by atoms with E-state index in [0.29, 0.717) is 16.2 Å². The van der Waals surface area contributed by atoms with Crippen molar-refractivity contribution in [3.8, 4) is 5.69 Å². The van der Waals surface area contributed by atoms with Gasteiger partial charge in [0.15, 0.2) is 10.8 Å². The molecule has 1 fully saturated rings. The van der Waals surface area contributed by atoms with Crippen molar-refractivity contribution in [1.82, 2.24) is 25.1 Å². The van der Waals surface area contributed by atoms with Crippen LogP contribution in [0.4, 0.5) is 0 Å². The van der Waals surface area contributed by atoms with Crippen molar-refractivity contribution in [2.24, 2.45) is 0 Å². The van der Waals surface area contributed by atoms with E-state index in [4.69, 9.17) is 0 Å². The van der Waals surface area contributed by atoms with Gasteiger partial charge in [0.25, 0.3) is 5.56 Å². The lowest BCUT2D eigenvalue weighted by Gasteiger charge is -2.14. The quantitative estimate of drug-likeness (QED) is 0.522. The van der Waals surface area contributed by atoms with Gasteiger partial charge in [-0.25, -0.2) is 4.98 Å². The van der Waals surface area contributed by atoms with Gasteiger partial charge in [0, 0.05) is 6.04 Å². The first-order chi connectivity index (χ1) is 13.1. The van der Waals surface area contributed by atoms with Gasteiger partial charge in [-0.3, -0.25) is 19.3 Å². The predicted octanol–water partition coefficient (Wildman–Crippen LogP) is 2.57. The summed E-state index contributed by atoms with van der Waals surface area (Å²) < 4.78 is 1.55. The number of aromatic nitrogens is 4. The molecule has 3 aromatic rings. The van der Waals surface area contributed by atoms with Crippen molar-refractivity contribution < 1.29 is 4.79 Å². The average Bonchev–Trinajstić information content (AvgIpc) is 3.33. The van der Waals surface area contributed by atoms with Crippen LogP contribution in [0, 0.1) is 6.92 Å². The van der Waals surface area contributed by atoms with E-state index >= 15 is 0 Å². The molecule has 0 radical (unpaired) electrons. The average molecular weight is 383 g/mol. The summed E-state index contributed by atoms with van der Waals surface area (Å²) in [4.78, 5) is 29.8. The standard InChI is InChI=1S/C19H21N5O2S/c1-12-6-8-14(9-7-12)24-18(26)15-10-20-23-17(15)22-19(24)27-11-16(25)21-13-4-2-3-5-13/h6-10,13H,2-5,11H2,1H3,(H,20,23)(H,21,25). The summed E-state index contributed by atoms with van der Waals surface area (Å²) in [6, 6.07) is 7.94. The van der Waals surface area contributed by atoms with Crippen LogP contribution in [0.3, 0.4) is 0 Å². The minimum atomic E-state index is -0.198. The van der Waals surface area contributed by atoms with Crippen LogP contribution in [-0.2, 0) is 4.79 Å². The van der Waals surface area contributed by atoms with Gasteiger partial charge in [0.1, 0.15) is 5.39 Å². The topological polar surface area (TPSA) is 92.7 Å². The van der Waals surface area contributed by atoms with Crippen molar-refractivity contribution >= 4 is 28.7 Å². The molecule has 4 rings (SSSR count). The third-order valence-corrected chi connectivity index (χ3v) is 5.73. The Balaban J connectivity index is 1.64. The minimum absolute atomic E-state index is 0.0266. The summed E-state index contributed by atoms with van der Waals surface area (Å²) in [5, 5.41) is 10.6. The number of H-pyrrole nitrogens is 1. The molecule has 2 heterocycles. The van der Waals surface area contributed by atoms with E-state index in [1.807, 2.05) is 31.2 Å². The highest BCUT2D eigenvalue weighted by atomic mass is 32.2. The fourth-order valence-electron chi connectivity index (χ4n) is 3.36. The molecule has 1 aliphatic rings. The summed E-state index contributed by atoms with van der Waals surface area (Å²) in [5.74, 6) is 0.190. The van der Waals surface area contributed by atoms with Crippen molar-refractivity contribution in [3.05, 3.63) is 46.4 Å². The molecule has 8 heteroatoms. The Hall–Kier alpha value is -2.61. The fraction of sp³-hybridized carbons (Fsp3) is 0.368. The molecule has 0 unspecified atom stereocenters. The molecule has 2 N–H and O–H groups in total. The van der Waals surface area contributed by atoms with E-state index in [1.54, 1.807) is 4.57 Å². The van der Waals surface area contributed by atoms with Gasteiger partial charge in [-0.05, 0) is 31.9 Å². The maximum Gasteiger partial charge on any atom is 0.269 e. The third kappa shape index (κ3) is 3.75. The SMILES string of the molecule is Cc1ccc(-n2c(SCC(=O)NC3CCCC3)nc3[nH]ncc3c2=O)cc1. The van der Waals surface area contributed by atoms with Gasteiger partial charge < -0.3 is 5.32 Å². The number of benzene rings is 1. The van der Waals surface area contributed by atoms with Crippen molar-refractivity contribution in [2.75, 3.05) is 5.75 Å². The molecule has 2 aromatic heterocycles. The number of thioether (sulfide) groups is 1. The fourth-order valence-corrected chi connectivity index (χ4v) is 4.18. The third-order valence-electron chi connectivity index (χ3n) is 4.80. The van der Waals surface area contributed by atoms with Gasteiger partial charge in [-0.2, -0.15) is 5.10 Å². The summed E-state index contributed by atoms with van der Waals surface area (Å²) in [5.41, 5.74) is 2.06. The second-order valence-corrected chi connectivity index (χ2v) is 7.78. The van der Waals surface area contributed by atoms with Crippen molar-refractivity contribution in [2.45, 2.75) is 43.8 Å². The van der Waals surface area contributed by atoms with Crippen LogP contribution >= 0.6 is 11.8 Å². The molecule has 1 aromatic carbocycles. The Labute approximate surface area is 160 Å². The molecule has 1 saturated carbocycles. The Morgan fingerprint density at radius 3 is 2.78 bits per heavy atom. The van der Waals surface area contributed by atoms with E-state index in [1.165, 1.54) is 30.8 Å². The molecule has 1 aliphatic carbocycles. The number of carbonyl (C=O) groups is 1. The highest BCUT2D eigenvalue weighted by Crippen LogP contribution is 2.22. The summed E-state index contributed by atoms with van der Waals surface area (Å²) in [6.45, 7) is 1.99. The molecule has 0 spiro atoms. The number of rotatable bonds is 5. The lowest BCUT2D eigenvalue weighted by Crippen LogP contribution is -2.34. The van der Waals surface area contributed by atoms with Crippen molar-refractivity contribution in [3.63, 3.8) is 0 Å². The van der Waals surface area contributed by atoms with Gasteiger partial charge in [-0.1, -0.05) is 42.3 Å². The van der Waals surface area contributed by atoms with Gasteiger partial charge in [0.2, 0.25) is 5.91 Å². The summed E-state index contributed by atoms with van der Waals surface area (Å²) >= 11 is 1.26. The van der Waals surface area contributed by atoms with E-state index in [9.17, 15) is 9.59 Å². The number of fused-ring (bicyclic) bond motifs is 1. The van der Waals surface area contributed by atoms with Crippen LogP contribution in [0.1, 0.15) is 31.2 Å². The Kier molecular flexibility index (Phi) is 4.98. The second kappa shape index (κ2) is 7.56. The van der Waals surface area contributed by atoms with Crippen LogP contribution < -0.4 is 10.9 Å². The first-order valence-corrected chi connectivity index (χ1v) is 10.1. The predicted molar refractivity (Wildman–Crippen MR) is 105 cm³/mol. The molecule has 0 saturated heterocycles. The van der Waals surface area contributed by atoms with Gasteiger partial charge >= 0.3 is 0 Å². The second-order valence-electron chi connectivity index (χ2n) is 6.84. The zero-order chi connectivity index (χ0) is 18.8. The Bertz CT molecular complexity index is 1020. The highest BCUT2D eigenvalue weighted by molar-refractivity contribution is 7.99.